The van der Waals surface area contributed by atoms with E-state index >= 15 is 0 Å². The first-order valence-corrected chi connectivity index (χ1v) is 7.68. The Balaban J connectivity index is 4.89. The molecule has 0 saturated carbocycles. The highest BCUT2D eigenvalue weighted by molar-refractivity contribution is 7.65. The van der Waals surface area contributed by atoms with E-state index in [4.69, 9.17) is 32.5 Å². The number of carbonyl (C=O) groups is 1. The highest BCUT2D eigenvalue weighted by Crippen LogP contribution is 2.62. The Kier molecular flexibility index (Phi) is 5.81. The van der Waals surface area contributed by atoms with Crippen LogP contribution in [0.15, 0.2) is 0 Å². The van der Waals surface area contributed by atoms with Gasteiger partial charge in [0.2, 0.25) is 7.37 Å². The van der Waals surface area contributed by atoms with Crippen LogP contribution in [0.1, 0.15) is 27.7 Å². The lowest BCUT2D eigenvalue weighted by atomic mass is 10.5. The SMILES string of the molecule is CC(C)OC(=O)C(Cl)(Cl)P(C)(=O)OC(C)C. The van der Waals surface area contributed by atoms with Gasteiger partial charge in [-0.2, -0.15) is 0 Å². The van der Waals surface area contributed by atoms with Gasteiger partial charge in [-0.25, -0.2) is 4.79 Å². The quantitative estimate of drug-likeness (QED) is 0.442. The van der Waals surface area contributed by atoms with Gasteiger partial charge < -0.3 is 9.26 Å². The first-order valence-electron chi connectivity index (χ1n) is 4.85. The molecule has 0 rings (SSSR count). The summed E-state index contributed by atoms with van der Waals surface area (Å²) in [6.45, 7) is 7.85. The zero-order valence-corrected chi connectivity index (χ0v) is 12.4. The van der Waals surface area contributed by atoms with E-state index < -0.39 is 17.4 Å². The molecule has 0 aliphatic carbocycles. The fourth-order valence-corrected chi connectivity index (χ4v) is 2.57. The molecule has 0 fully saturated rings. The molecule has 0 aliphatic heterocycles. The number of alkyl halides is 2. The van der Waals surface area contributed by atoms with Crippen LogP contribution in [0.2, 0.25) is 0 Å². The van der Waals surface area contributed by atoms with Crippen LogP contribution in [0.3, 0.4) is 0 Å². The van der Waals surface area contributed by atoms with Crippen molar-refractivity contribution in [2.75, 3.05) is 6.66 Å². The molecule has 1 unspecified atom stereocenters. The summed E-state index contributed by atoms with van der Waals surface area (Å²) in [5.41, 5.74) is 0. The maximum absolute atomic E-state index is 12.1. The van der Waals surface area contributed by atoms with E-state index in [0.29, 0.717) is 0 Å². The summed E-state index contributed by atoms with van der Waals surface area (Å²) >= 11 is 11.5. The molecule has 0 spiro atoms. The van der Waals surface area contributed by atoms with Crippen LogP contribution in [0.4, 0.5) is 0 Å². The van der Waals surface area contributed by atoms with E-state index in [0.717, 1.165) is 0 Å². The molecule has 0 aliphatic rings. The van der Waals surface area contributed by atoms with Crippen molar-refractivity contribution in [2.24, 2.45) is 0 Å². The van der Waals surface area contributed by atoms with Crippen molar-refractivity contribution in [3.8, 4) is 0 Å². The molecule has 0 N–H and O–H groups in total. The summed E-state index contributed by atoms with van der Waals surface area (Å²) in [7, 11) is -3.51. The third-order valence-electron chi connectivity index (χ3n) is 1.51. The van der Waals surface area contributed by atoms with E-state index in [1.165, 1.54) is 6.66 Å². The second kappa shape index (κ2) is 5.72. The van der Waals surface area contributed by atoms with Crippen molar-refractivity contribution < 1.29 is 18.6 Å². The van der Waals surface area contributed by atoms with Gasteiger partial charge in [0.25, 0.3) is 4.07 Å². The van der Waals surface area contributed by atoms with Crippen molar-refractivity contribution in [3.05, 3.63) is 0 Å². The van der Waals surface area contributed by atoms with E-state index in [1.807, 2.05) is 0 Å². The molecule has 1 atom stereocenters. The van der Waals surface area contributed by atoms with Gasteiger partial charge in [0, 0.05) is 6.66 Å². The molecule has 0 radical (unpaired) electrons. The average Bonchev–Trinajstić information content (AvgIpc) is 1.99. The van der Waals surface area contributed by atoms with Crippen LogP contribution in [-0.4, -0.2) is 28.9 Å². The zero-order valence-electron chi connectivity index (χ0n) is 9.99. The second-order valence-corrected chi connectivity index (χ2v) is 8.42. The molecule has 0 aromatic heterocycles. The second-order valence-electron chi connectivity index (χ2n) is 4.00. The maximum atomic E-state index is 12.1. The predicted octanol–water partition coefficient (Wildman–Crippen LogP) is 3.40. The number of hydrogen-bond acceptors (Lipinski definition) is 4. The Morgan fingerprint density at radius 1 is 1.19 bits per heavy atom. The maximum Gasteiger partial charge on any atom is 0.353 e. The molecule has 0 bridgehead atoms. The summed E-state index contributed by atoms with van der Waals surface area (Å²) in [4.78, 5) is 11.6. The third kappa shape index (κ3) is 4.25. The Labute approximate surface area is 106 Å². The van der Waals surface area contributed by atoms with Crippen LogP contribution >= 0.6 is 30.6 Å². The lowest BCUT2D eigenvalue weighted by molar-refractivity contribution is -0.146. The number of hydrogen-bond donors (Lipinski definition) is 0. The van der Waals surface area contributed by atoms with Crippen LogP contribution in [0.25, 0.3) is 0 Å². The highest BCUT2D eigenvalue weighted by Gasteiger charge is 2.52. The van der Waals surface area contributed by atoms with Crippen molar-refractivity contribution in [2.45, 2.75) is 44.0 Å². The van der Waals surface area contributed by atoms with Gasteiger partial charge in [-0.1, -0.05) is 23.2 Å². The molecule has 96 valence electrons. The summed E-state index contributed by atoms with van der Waals surface area (Å²) < 4.78 is 19.8. The minimum atomic E-state index is -3.51. The van der Waals surface area contributed by atoms with Gasteiger partial charge in [0.15, 0.2) is 0 Å². The Morgan fingerprint density at radius 3 is 1.94 bits per heavy atom. The van der Waals surface area contributed by atoms with Gasteiger partial charge >= 0.3 is 5.97 Å². The van der Waals surface area contributed by atoms with Crippen molar-refractivity contribution in [1.29, 1.82) is 0 Å². The van der Waals surface area contributed by atoms with Gasteiger partial charge in [0.1, 0.15) is 0 Å². The number of esters is 1. The molecule has 0 saturated heterocycles. The van der Waals surface area contributed by atoms with Crippen LogP contribution in [-0.2, 0) is 18.6 Å². The van der Waals surface area contributed by atoms with Gasteiger partial charge in [-0.3, -0.25) is 4.57 Å². The standard InChI is InChI=1S/C9H17Cl2O4P/c1-6(2)14-8(12)9(10,11)16(5,13)15-7(3)4/h6-7H,1-5H3. The van der Waals surface area contributed by atoms with Crippen molar-refractivity contribution in [1.82, 2.24) is 0 Å². The average molecular weight is 291 g/mol. The summed E-state index contributed by atoms with van der Waals surface area (Å²) in [6.07, 6.45) is -0.733. The number of carbonyl (C=O) groups excluding carboxylic acids is 1. The van der Waals surface area contributed by atoms with Crippen molar-refractivity contribution >= 4 is 36.5 Å². The highest BCUT2D eigenvalue weighted by atomic mass is 35.5. The molecule has 4 nitrogen and oxygen atoms in total. The minimum absolute atomic E-state index is 0.348. The lowest BCUT2D eigenvalue weighted by Gasteiger charge is -2.27. The summed E-state index contributed by atoms with van der Waals surface area (Å²) in [6, 6.07) is 0. The van der Waals surface area contributed by atoms with Crippen LogP contribution in [0.5, 0.6) is 0 Å². The predicted molar refractivity (Wildman–Crippen MR) is 65.4 cm³/mol. The molecule has 0 amide bonds. The van der Waals surface area contributed by atoms with E-state index in [2.05, 4.69) is 0 Å². The molecule has 0 heterocycles. The van der Waals surface area contributed by atoms with Crippen molar-refractivity contribution in [3.63, 3.8) is 0 Å². The Bertz CT molecular complexity index is 302. The first-order chi connectivity index (χ1) is 7.00. The largest absolute Gasteiger partial charge is 0.460 e. The molecule has 16 heavy (non-hydrogen) atoms. The monoisotopic (exact) mass is 290 g/mol. The van der Waals surface area contributed by atoms with E-state index in [1.54, 1.807) is 27.7 Å². The van der Waals surface area contributed by atoms with Gasteiger partial charge in [0.05, 0.1) is 12.2 Å². The number of halogens is 2. The van der Waals surface area contributed by atoms with Gasteiger partial charge in [-0.05, 0) is 27.7 Å². The van der Waals surface area contributed by atoms with E-state index in [-0.39, 0.29) is 12.2 Å². The Morgan fingerprint density at radius 2 is 1.62 bits per heavy atom. The molecule has 0 aromatic rings. The fourth-order valence-electron chi connectivity index (χ4n) is 0.919. The minimum Gasteiger partial charge on any atom is -0.460 e. The first kappa shape index (κ1) is 16.2. The smallest absolute Gasteiger partial charge is 0.353 e. The van der Waals surface area contributed by atoms with Crippen LogP contribution in [0, 0.1) is 0 Å². The van der Waals surface area contributed by atoms with Gasteiger partial charge in [-0.15, -0.1) is 0 Å². The summed E-state index contributed by atoms with van der Waals surface area (Å²) in [5, 5.41) is 0. The molecular formula is C9H17Cl2O4P. The zero-order chi connectivity index (χ0) is 13.1. The Hall–Kier alpha value is 0.240. The van der Waals surface area contributed by atoms with Crippen LogP contribution < -0.4 is 0 Å². The third-order valence-corrected chi connectivity index (χ3v) is 5.69. The topological polar surface area (TPSA) is 52.6 Å². The van der Waals surface area contributed by atoms with E-state index in [9.17, 15) is 9.36 Å². The number of ether oxygens (including phenoxy) is 1. The lowest BCUT2D eigenvalue weighted by Crippen LogP contribution is -2.31. The summed E-state index contributed by atoms with van der Waals surface area (Å²) in [5.74, 6) is -0.947. The molecule has 0 aromatic carbocycles. The number of rotatable bonds is 5. The molecule has 7 heteroatoms. The molecular weight excluding hydrogens is 274 g/mol. The fraction of sp³-hybridized carbons (Fsp3) is 0.889. The normalized spacial score (nSPS) is 16.3.